The minimum atomic E-state index is -1.27. The largest absolute Gasteiger partial charge is 0.480 e. The molecular formula is C15H17NO4. The summed E-state index contributed by atoms with van der Waals surface area (Å²) in [5.74, 6) is -1.38. The molecule has 2 aromatic rings. The lowest BCUT2D eigenvalue weighted by Crippen LogP contribution is -2.52. The molecule has 5 heteroatoms. The first-order valence-corrected chi connectivity index (χ1v) is 6.41. The van der Waals surface area contributed by atoms with Gasteiger partial charge in [-0.3, -0.25) is 4.79 Å². The Morgan fingerprint density at radius 3 is 2.55 bits per heavy atom. The topological polar surface area (TPSA) is 70.8 Å². The highest BCUT2D eigenvalue weighted by molar-refractivity contribution is 6.07. The van der Waals surface area contributed by atoms with E-state index in [1.54, 1.807) is 19.1 Å². The van der Waals surface area contributed by atoms with Gasteiger partial charge in [-0.25, -0.2) is 4.79 Å². The number of likely N-dealkylation sites (N-methyl/N-ethyl adjacent to an activating group) is 1. The number of carboxylic acid groups (broad SMARTS) is 1. The highest BCUT2D eigenvalue weighted by atomic mass is 16.4. The summed E-state index contributed by atoms with van der Waals surface area (Å²) >= 11 is 0. The van der Waals surface area contributed by atoms with Gasteiger partial charge in [0.25, 0.3) is 5.91 Å². The van der Waals surface area contributed by atoms with Gasteiger partial charge in [0.05, 0.1) is 5.56 Å². The van der Waals surface area contributed by atoms with Gasteiger partial charge in [-0.2, -0.15) is 0 Å². The van der Waals surface area contributed by atoms with Crippen molar-refractivity contribution in [3.8, 4) is 0 Å². The Hall–Kier alpha value is -2.30. The van der Waals surface area contributed by atoms with Crippen molar-refractivity contribution in [2.45, 2.75) is 26.3 Å². The van der Waals surface area contributed by atoms with E-state index in [1.165, 1.54) is 25.0 Å². The molecular weight excluding hydrogens is 258 g/mol. The molecule has 0 aliphatic carbocycles. The average Bonchev–Trinajstić information content (AvgIpc) is 2.82. The van der Waals surface area contributed by atoms with Crippen molar-refractivity contribution in [3.63, 3.8) is 0 Å². The number of rotatable bonds is 4. The van der Waals surface area contributed by atoms with Crippen LogP contribution in [0.25, 0.3) is 11.0 Å². The molecule has 0 aliphatic rings. The fourth-order valence-corrected chi connectivity index (χ4v) is 2.20. The fourth-order valence-electron chi connectivity index (χ4n) is 2.20. The third-order valence-corrected chi connectivity index (χ3v) is 3.47. The van der Waals surface area contributed by atoms with E-state index >= 15 is 0 Å². The minimum absolute atomic E-state index is 0.303. The summed E-state index contributed by atoms with van der Waals surface area (Å²) in [6, 6.07) is 7.19. The Kier molecular flexibility index (Phi) is 3.53. The summed E-state index contributed by atoms with van der Waals surface area (Å²) in [4.78, 5) is 25.3. The van der Waals surface area contributed by atoms with E-state index < -0.39 is 11.5 Å². The molecule has 0 radical (unpaired) electrons. The second-order valence-corrected chi connectivity index (χ2v) is 5.06. The van der Waals surface area contributed by atoms with Crippen molar-refractivity contribution in [1.82, 2.24) is 4.90 Å². The molecule has 1 aromatic heterocycles. The number of carboxylic acids is 1. The van der Waals surface area contributed by atoms with Crippen LogP contribution in [-0.4, -0.2) is 34.0 Å². The van der Waals surface area contributed by atoms with Crippen molar-refractivity contribution in [1.29, 1.82) is 0 Å². The summed E-state index contributed by atoms with van der Waals surface area (Å²) < 4.78 is 5.34. The van der Waals surface area contributed by atoms with Crippen molar-refractivity contribution in [2.75, 3.05) is 6.54 Å². The molecule has 1 heterocycles. The van der Waals surface area contributed by atoms with Gasteiger partial charge in [0, 0.05) is 11.9 Å². The quantitative estimate of drug-likeness (QED) is 0.931. The summed E-state index contributed by atoms with van der Waals surface area (Å²) in [5, 5.41) is 9.98. The van der Waals surface area contributed by atoms with E-state index in [-0.39, 0.29) is 5.91 Å². The zero-order valence-corrected chi connectivity index (χ0v) is 11.7. The third-order valence-electron chi connectivity index (χ3n) is 3.47. The summed E-state index contributed by atoms with van der Waals surface area (Å²) in [6.45, 7) is 5.08. The molecule has 0 unspecified atom stereocenters. The normalized spacial score (nSPS) is 11.6. The molecule has 20 heavy (non-hydrogen) atoms. The van der Waals surface area contributed by atoms with Crippen LogP contribution in [0, 0.1) is 0 Å². The summed E-state index contributed by atoms with van der Waals surface area (Å²) in [5.41, 5.74) is -0.277. The predicted octanol–water partition coefficient (Wildman–Crippen LogP) is 2.76. The number of fused-ring (bicyclic) bond motifs is 1. The van der Waals surface area contributed by atoms with Gasteiger partial charge in [0.15, 0.2) is 0 Å². The first-order valence-electron chi connectivity index (χ1n) is 6.41. The number of amides is 1. The van der Waals surface area contributed by atoms with Crippen LogP contribution in [0.4, 0.5) is 0 Å². The molecule has 1 aromatic carbocycles. The number of hydrogen-bond acceptors (Lipinski definition) is 3. The maximum Gasteiger partial charge on any atom is 0.329 e. The number of aliphatic carboxylic acids is 1. The molecule has 0 spiro atoms. The SMILES string of the molecule is CCN(C(=O)c1coc2ccccc12)C(C)(C)C(=O)O. The van der Waals surface area contributed by atoms with Crippen LogP contribution >= 0.6 is 0 Å². The first-order chi connectivity index (χ1) is 9.39. The highest BCUT2D eigenvalue weighted by Crippen LogP contribution is 2.25. The molecule has 106 valence electrons. The number of furan rings is 1. The molecule has 2 rings (SSSR count). The number of para-hydroxylation sites is 1. The molecule has 1 N–H and O–H groups in total. The van der Waals surface area contributed by atoms with Crippen LogP contribution in [-0.2, 0) is 4.79 Å². The van der Waals surface area contributed by atoms with Crippen LogP contribution in [0.5, 0.6) is 0 Å². The van der Waals surface area contributed by atoms with Gasteiger partial charge in [-0.05, 0) is 26.8 Å². The predicted molar refractivity (Wildman–Crippen MR) is 74.6 cm³/mol. The van der Waals surface area contributed by atoms with E-state index in [0.717, 1.165) is 0 Å². The van der Waals surface area contributed by atoms with Crippen LogP contribution in [0.1, 0.15) is 31.1 Å². The Labute approximate surface area is 116 Å². The van der Waals surface area contributed by atoms with Crippen LogP contribution in [0.2, 0.25) is 0 Å². The van der Waals surface area contributed by atoms with Crippen LogP contribution < -0.4 is 0 Å². The molecule has 0 atom stereocenters. The Bertz CT molecular complexity index is 657. The molecule has 1 amide bonds. The highest BCUT2D eigenvalue weighted by Gasteiger charge is 2.38. The van der Waals surface area contributed by atoms with Crippen LogP contribution in [0.3, 0.4) is 0 Å². The Morgan fingerprint density at radius 2 is 1.95 bits per heavy atom. The lowest BCUT2D eigenvalue weighted by molar-refractivity contribution is -0.147. The molecule has 0 saturated heterocycles. The van der Waals surface area contributed by atoms with Gasteiger partial charge in [0.2, 0.25) is 0 Å². The van der Waals surface area contributed by atoms with Crippen molar-refractivity contribution in [2.24, 2.45) is 0 Å². The maximum atomic E-state index is 12.6. The van der Waals surface area contributed by atoms with E-state index in [1.807, 2.05) is 12.1 Å². The van der Waals surface area contributed by atoms with E-state index in [0.29, 0.717) is 23.1 Å². The van der Waals surface area contributed by atoms with Crippen molar-refractivity contribution < 1.29 is 19.1 Å². The standard InChI is InChI=1S/C15H17NO4/c1-4-16(15(2,3)14(18)19)13(17)11-9-20-12-8-6-5-7-10(11)12/h5-9H,4H2,1-3H3,(H,18,19). The number of carbonyl (C=O) groups is 2. The van der Waals surface area contributed by atoms with Crippen molar-refractivity contribution >= 4 is 22.8 Å². The summed E-state index contributed by atoms with van der Waals surface area (Å²) in [6.07, 6.45) is 1.38. The van der Waals surface area contributed by atoms with Gasteiger partial charge >= 0.3 is 5.97 Å². The van der Waals surface area contributed by atoms with Crippen LogP contribution in [0.15, 0.2) is 34.9 Å². The zero-order chi connectivity index (χ0) is 14.9. The molecule has 0 fully saturated rings. The lowest BCUT2D eigenvalue weighted by Gasteiger charge is -2.34. The first kappa shape index (κ1) is 14.1. The number of benzene rings is 1. The Balaban J connectivity index is 2.46. The second-order valence-electron chi connectivity index (χ2n) is 5.06. The molecule has 0 saturated carbocycles. The van der Waals surface area contributed by atoms with E-state index in [4.69, 9.17) is 4.42 Å². The second kappa shape index (κ2) is 5.00. The molecule has 5 nitrogen and oxygen atoms in total. The number of hydrogen-bond donors (Lipinski definition) is 1. The molecule has 0 bridgehead atoms. The van der Waals surface area contributed by atoms with Crippen molar-refractivity contribution in [3.05, 3.63) is 36.1 Å². The van der Waals surface area contributed by atoms with Gasteiger partial charge in [-0.1, -0.05) is 18.2 Å². The zero-order valence-electron chi connectivity index (χ0n) is 11.7. The fraction of sp³-hybridized carbons (Fsp3) is 0.333. The Morgan fingerprint density at radius 1 is 1.30 bits per heavy atom. The summed E-state index contributed by atoms with van der Waals surface area (Å²) in [7, 11) is 0. The van der Waals surface area contributed by atoms with Gasteiger partial charge < -0.3 is 14.4 Å². The number of carbonyl (C=O) groups excluding carboxylic acids is 1. The minimum Gasteiger partial charge on any atom is -0.480 e. The smallest absolute Gasteiger partial charge is 0.329 e. The van der Waals surface area contributed by atoms with E-state index in [2.05, 4.69) is 0 Å². The third kappa shape index (κ3) is 2.15. The average molecular weight is 275 g/mol. The lowest BCUT2D eigenvalue weighted by atomic mass is 10.0. The maximum absolute atomic E-state index is 12.6. The van der Waals surface area contributed by atoms with Gasteiger partial charge in [0.1, 0.15) is 17.4 Å². The molecule has 0 aliphatic heterocycles. The number of nitrogens with zero attached hydrogens (tertiary/aromatic N) is 1. The van der Waals surface area contributed by atoms with E-state index in [9.17, 15) is 14.7 Å². The van der Waals surface area contributed by atoms with Gasteiger partial charge in [-0.15, -0.1) is 0 Å². The monoisotopic (exact) mass is 275 g/mol.